The zero-order chi connectivity index (χ0) is 17.6. The van der Waals surface area contributed by atoms with Crippen molar-refractivity contribution in [1.29, 1.82) is 0 Å². The van der Waals surface area contributed by atoms with Gasteiger partial charge >= 0.3 is 0 Å². The van der Waals surface area contributed by atoms with Gasteiger partial charge in [0.25, 0.3) is 5.56 Å². The molecule has 1 aromatic heterocycles. The smallest absolute Gasteiger partial charge is 0.258 e. The third-order valence-corrected chi connectivity index (χ3v) is 4.45. The molecule has 25 heavy (non-hydrogen) atoms. The first-order valence-corrected chi connectivity index (χ1v) is 9.03. The van der Waals surface area contributed by atoms with Gasteiger partial charge in [0.15, 0.2) is 0 Å². The van der Waals surface area contributed by atoms with E-state index in [1.165, 1.54) is 0 Å². The van der Waals surface area contributed by atoms with Crippen LogP contribution in [0, 0.1) is 0 Å². The quantitative estimate of drug-likeness (QED) is 0.656. The predicted octanol–water partition coefficient (Wildman–Crippen LogP) is 3.59. The van der Waals surface area contributed by atoms with E-state index in [4.69, 9.17) is 4.74 Å². The van der Waals surface area contributed by atoms with Crippen LogP contribution in [-0.2, 0) is 6.54 Å². The third-order valence-electron chi connectivity index (χ3n) is 3.95. The largest absolute Gasteiger partial charge is 0.492 e. The summed E-state index contributed by atoms with van der Waals surface area (Å²) in [6.45, 7) is 4.83. The molecule has 5 nitrogen and oxygen atoms in total. The highest BCUT2D eigenvalue weighted by Crippen LogP contribution is 2.17. The average Bonchev–Trinajstić information content (AvgIpc) is 2.61. The molecule has 0 atom stereocenters. The average molecular weight is 402 g/mol. The lowest BCUT2D eigenvalue weighted by molar-refractivity contribution is 0.206. The number of rotatable bonds is 7. The molecule has 0 radical (unpaired) electrons. The number of hydrogen-bond donors (Lipinski definition) is 1. The Labute approximate surface area is 154 Å². The van der Waals surface area contributed by atoms with Crippen molar-refractivity contribution in [3.05, 3.63) is 69.2 Å². The van der Waals surface area contributed by atoms with Crippen LogP contribution in [0.15, 0.2) is 57.8 Å². The Morgan fingerprint density at radius 2 is 2.04 bits per heavy atom. The second-order valence-corrected chi connectivity index (χ2v) is 6.62. The van der Waals surface area contributed by atoms with Crippen LogP contribution in [0.4, 0.5) is 0 Å². The van der Waals surface area contributed by atoms with E-state index < -0.39 is 0 Å². The SMILES string of the molecule is CCN(CCOc1cccc(Br)c1)Cc1nc2ccccc2c(=O)[nH]1. The number of likely N-dealkylation sites (N-methyl/N-ethyl adjacent to an activating group) is 1. The molecule has 0 saturated heterocycles. The second-order valence-electron chi connectivity index (χ2n) is 5.70. The van der Waals surface area contributed by atoms with Crippen molar-refractivity contribution in [2.45, 2.75) is 13.5 Å². The van der Waals surface area contributed by atoms with Crippen LogP contribution < -0.4 is 10.3 Å². The molecular formula is C19H20BrN3O2. The number of fused-ring (bicyclic) bond motifs is 1. The third kappa shape index (κ3) is 4.67. The summed E-state index contributed by atoms with van der Waals surface area (Å²) in [6, 6.07) is 15.2. The van der Waals surface area contributed by atoms with E-state index in [0.29, 0.717) is 24.4 Å². The van der Waals surface area contributed by atoms with Gasteiger partial charge < -0.3 is 9.72 Å². The minimum Gasteiger partial charge on any atom is -0.492 e. The van der Waals surface area contributed by atoms with Gasteiger partial charge in [-0.1, -0.05) is 41.1 Å². The maximum absolute atomic E-state index is 12.2. The molecule has 6 heteroatoms. The van der Waals surface area contributed by atoms with E-state index in [1.54, 1.807) is 6.07 Å². The van der Waals surface area contributed by atoms with Crippen molar-refractivity contribution in [2.75, 3.05) is 19.7 Å². The molecule has 3 aromatic rings. The maximum Gasteiger partial charge on any atom is 0.258 e. The molecule has 0 fully saturated rings. The van der Waals surface area contributed by atoms with E-state index in [1.807, 2.05) is 42.5 Å². The van der Waals surface area contributed by atoms with Crippen molar-refractivity contribution < 1.29 is 4.74 Å². The molecule has 1 N–H and O–H groups in total. The van der Waals surface area contributed by atoms with Gasteiger partial charge in [0.1, 0.15) is 18.2 Å². The summed E-state index contributed by atoms with van der Waals surface area (Å²) in [5, 5.41) is 0.618. The minimum absolute atomic E-state index is 0.0953. The van der Waals surface area contributed by atoms with E-state index in [9.17, 15) is 4.79 Å². The van der Waals surface area contributed by atoms with E-state index in [2.05, 4.69) is 37.7 Å². The van der Waals surface area contributed by atoms with Gasteiger partial charge in [0.2, 0.25) is 0 Å². The number of aromatic amines is 1. The fourth-order valence-electron chi connectivity index (χ4n) is 2.62. The number of para-hydroxylation sites is 1. The Balaban J connectivity index is 1.63. The van der Waals surface area contributed by atoms with Gasteiger partial charge in [-0.3, -0.25) is 9.69 Å². The van der Waals surface area contributed by atoms with Crippen molar-refractivity contribution in [2.24, 2.45) is 0 Å². The maximum atomic E-state index is 12.2. The lowest BCUT2D eigenvalue weighted by Crippen LogP contribution is -2.29. The van der Waals surface area contributed by atoms with Crippen LogP contribution in [0.3, 0.4) is 0 Å². The summed E-state index contributed by atoms with van der Waals surface area (Å²) in [5.41, 5.74) is 0.629. The van der Waals surface area contributed by atoms with Crippen molar-refractivity contribution in [1.82, 2.24) is 14.9 Å². The van der Waals surface area contributed by atoms with E-state index >= 15 is 0 Å². The Morgan fingerprint density at radius 1 is 1.20 bits per heavy atom. The summed E-state index contributed by atoms with van der Waals surface area (Å²) in [7, 11) is 0. The topological polar surface area (TPSA) is 58.2 Å². The zero-order valence-corrected chi connectivity index (χ0v) is 15.6. The second kappa shape index (κ2) is 8.27. The highest BCUT2D eigenvalue weighted by molar-refractivity contribution is 9.10. The molecule has 0 aliphatic carbocycles. The number of halogens is 1. The number of aromatic nitrogens is 2. The number of hydrogen-bond acceptors (Lipinski definition) is 4. The minimum atomic E-state index is -0.0953. The Bertz CT molecular complexity index is 910. The number of nitrogens with zero attached hydrogens (tertiary/aromatic N) is 2. The Morgan fingerprint density at radius 3 is 2.84 bits per heavy atom. The van der Waals surface area contributed by atoms with Crippen LogP contribution in [0.5, 0.6) is 5.75 Å². The molecular weight excluding hydrogens is 382 g/mol. The summed E-state index contributed by atoms with van der Waals surface area (Å²) in [6.07, 6.45) is 0. The van der Waals surface area contributed by atoms with Crippen molar-refractivity contribution in [3.63, 3.8) is 0 Å². The molecule has 0 amide bonds. The lowest BCUT2D eigenvalue weighted by atomic mass is 10.2. The summed E-state index contributed by atoms with van der Waals surface area (Å²) in [5.74, 6) is 1.51. The van der Waals surface area contributed by atoms with Gasteiger partial charge in [0, 0.05) is 11.0 Å². The first-order valence-electron chi connectivity index (χ1n) is 8.24. The highest BCUT2D eigenvalue weighted by Gasteiger charge is 2.08. The fourth-order valence-corrected chi connectivity index (χ4v) is 3.00. The first kappa shape index (κ1) is 17.6. The highest BCUT2D eigenvalue weighted by atomic mass is 79.9. The molecule has 0 bridgehead atoms. The van der Waals surface area contributed by atoms with Gasteiger partial charge in [-0.25, -0.2) is 4.98 Å². The summed E-state index contributed by atoms with van der Waals surface area (Å²) < 4.78 is 6.78. The van der Waals surface area contributed by atoms with Crippen LogP contribution in [-0.4, -0.2) is 34.6 Å². The van der Waals surface area contributed by atoms with Crippen LogP contribution >= 0.6 is 15.9 Å². The number of ether oxygens (including phenoxy) is 1. The molecule has 0 aliphatic rings. The number of nitrogens with one attached hydrogen (secondary N) is 1. The number of benzene rings is 2. The van der Waals surface area contributed by atoms with Crippen molar-refractivity contribution in [3.8, 4) is 5.75 Å². The molecule has 0 unspecified atom stereocenters. The molecule has 1 heterocycles. The van der Waals surface area contributed by atoms with Crippen LogP contribution in [0.25, 0.3) is 10.9 Å². The summed E-state index contributed by atoms with van der Waals surface area (Å²) in [4.78, 5) is 21.8. The van der Waals surface area contributed by atoms with Gasteiger partial charge in [-0.2, -0.15) is 0 Å². The van der Waals surface area contributed by atoms with E-state index in [-0.39, 0.29) is 5.56 Å². The lowest BCUT2D eigenvalue weighted by Gasteiger charge is -2.20. The first-order chi connectivity index (χ1) is 12.2. The molecule has 0 spiro atoms. The number of H-pyrrole nitrogens is 1. The fraction of sp³-hybridized carbons (Fsp3) is 0.263. The standard InChI is InChI=1S/C19H20BrN3O2/c1-2-23(10-11-25-15-7-5-6-14(20)12-15)13-18-21-17-9-4-3-8-16(17)19(24)22-18/h3-9,12H,2,10-11,13H2,1H3,(H,21,22,24). The van der Waals surface area contributed by atoms with E-state index in [0.717, 1.165) is 28.8 Å². The van der Waals surface area contributed by atoms with Crippen LogP contribution in [0.1, 0.15) is 12.7 Å². The van der Waals surface area contributed by atoms with Gasteiger partial charge in [0.05, 0.1) is 17.4 Å². The Hall–Kier alpha value is -2.18. The van der Waals surface area contributed by atoms with Gasteiger partial charge in [-0.05, 0) is 36.9 Å². The predicted molar refractivity (Wildman–Crippen MR) is 103 cm³/mol. The molecule has 0 aliphatic heterocycles. The molecule has 130 valence electrons. The normalized spacial score (nSPS) is 11.2. The zero-order valence-electron chi connectivity index (χ0n) is 14.0. The monoisotopic (exact) mass is 401 g/mol. The molecule has 0 saturated carbocycles. The summed E-state index contributed by atoms with van der Waals surface area (Å²) >= 11 is 3.43. The molecule has 3 rings (SSSR count). The van der Waals surface area contributed by atoms with Crippen molar-refractivity contribution >= 4 is 26.8 Å². The van der Waals surface area contributed by atoms with Crippen LogP contribution in [0.2, 0.25) is 0 Å². The van der Waals surface area contributed by atoms with Gasteiger partial charge in [-0.15, -0.1) is 0 Å². The molecule has 2 aromatic carbocycles. The Kier molecular flexibility index (Phi) is 5.83.